The average molecular weight is 765 g/mol. The number of hydrogen-bond donors (Lipinski definition) is 0. The van der Waals surface area contributed by atoms with E-state index in [4.69, 9.17) is 0 Å². The first-order valence-electron chi connectivity index (χ1n) is 20.6. The summed E-state index contributed by atoms with van der Waals surface area (Å²) in [6.07, 6.45) is 0. The van der Waals surface area contributed by atoms with E-state index in [0.717, 1.165) is 28.3 Å². The molecular weight excluding hydrogens is 725 g/mol. The fraction of sp³-hybridized carbons (Fsp3) is 0. The second kappa shape index (κ2) is 15.1. The number of anilines is 3. The van der Waals surface area contributed by atoms with Gasteiger partial charge in [-0.2, -0.15) is 0 Å². The lowest BCUT2D eigenvalue weighted by molar-refractivity contribution is 1.18. The minimum atomic E-state index is 1.08. The van der Waals surface area contributed by atoms with E-state index >= 15 is 0 Å². The van der Waals surface area contributed by atoms with Crippen molar-refractivity contribution in [1.82, 2.24) is 4.57 Å². The first-order valence-corrected chi connectivity index (χ1v) is 20.6. The van der Waals surface area contributed by atoms with Crippen molar-refractivity contribution in [3.8, 4) is 50.2 Å². The molecule has 1 aromatic heterocycles. The summed E-state index contributed by atoms with van der Waals surface area (Å²) in [5.41, 5.74) is 16.3. The third kappa shape index (κ3) is 6.23. The van der Waals surface area contributed by atoms with Crippen molar-refractivity contribution < 1.29 is 0 Å². The maximum absolute atomic E-state index is 2.52. The van der Waals surface area contributed by atoms with Gasteiger partial charge in [-0.05, 0) is 86.6 Å². The van der Waals surface area contributed by atoms with Crippen LogP contribution in [0.4, 0.5) is 17.1 Å². The summed E-state index contributed by atoms with van der Waals surface area (Å²) in [5, 5.41) is 4.89. The van der Waals surface area contributed by atoms with Crippen molar-refractivity contribution in [1.29, 1.82) is 0 Å². The highest BCUT2D eigenvalue weighted by Gasteiger charge is 2.22. The summed E-state index contributed by atoms with van der Waals surface area (Å²) in [5.74, 6) is 0. The fourth-order valence-electron chi connectivity index (χ4n) is 8.97. The summed E-state index contributed by atoms with van der Waals surface area (Å²) in [6.45, 7) is 0. The number of aromatic nitrogens is 1. The molecule has 0 bridgehead atoms. The number of hydrogen-bond acceptors (Lipinski definition) is 1. The maximum atomic E-state index is 2.52. The SMILES string of the molecule is c1ccc(-c2ccc(N(c3ccc(-c4ccccc4)cc3)c3ccc4c5ccccc5n(-c5c(-c6ccccc6)cccc5-c5cccc6ccccc56)c4c3)cc2)cc1. The van der Waals surface area contributed by atoms with Crippen LogP contribution in [0.15, 0.2) is 243 Å². The molecule has 282 valence electrons. The minimum Gasteiger partial charge on any atom is -0.310 e. The van der Waals surface area contributed by atoms with Crippen LogP contribution in [-0.2, 0) is 0 Å². The molecule has 0 spiro atoms. The molecule has 2 nitrogen and oxygen atoms in total. The van der Waals surface area contributed by atoms with Crippen LogP contribution in [0.3, 0.4) is 0 Å². The van der Waals surface area contributed by atoms with Gasteiger partial charge >= 0.3 is 0 Å². The smallest absolute Gasteiger partial charge is 0.0619 e. The zero-order valence-electron chi connectivity index (χ0n) is 33.0. The maximum Gasteiger partial charge on any atom is 0.0619 e. The predicted molar refractivity (Wildman–Crippen MR) is 255 cm³/mol. The molecule has 11 aromatic rings. The monoisotopic (exact) mass is 764 g/mol. The van der Waals surface area contributed by atoms with Crippen LogP contribution < -0.4 is 4.90 Å². The van der Waals surface area contributed by atoms with Crippen LogP contribution in [0, 0.1) is 0 Å². The van der Waals surface area contributed by atoms with Gasteiger partial charge in [0.1, 0.15) is 0 Å². The summed E-state index contributed by atoms with van der Waals surface area (Å²) in [7, 11) is 0. The number of rotatable bonds is 8. The van der Waals surface area contributed by atoms with E-state index < -0.39 is 0 Å². The Morgan fingerprint density at radius 2 is 0.717 bits per heavy atom. The second-order valence-corrected chi connectivity index (χ2v) is 15.3. The van der Waals surface area contributed by atoms with E-state index in [1.807, 2.05) is 0 Å². The van der Waals surface area contributed by atoms with Crippen LogP contribution in [0.1, 0.15) is 0 Å². The molecule has 0 amide bonds. The molecule has 1 heterocycles. The molecule has 10 aromatic carbocycles. The van der Waals surface area contributed by atoms with Gasteiger partial charge in [-0.3, -0.25) is 0 Å². The molecule has 0 aliphatic rings. The van der Waals surface area contributed by atoms with Crippen molar-refractivity contribution in [2.45, 2.75) is 0 Å². The normalized spacial score (nSPS) is 11.3. The zero-order chi connectivity index (χ0) is 39.8. The lowest BCUT2D eigenvalue weighted by Gasteiger charge is -2.26. The summed E-state index contributed by atoms with van der Waals surface area (Å²) in [4.78, 5) is 2.39. The summed E-state index contributed by atoms with van der Waals surface area (Å²) >= 11 is 0. The van der Waals surface area contributed by atoms with Gasteiger partial charge in [-0.15, -0.1) is 0 Å². The Bertz CT molecular complexity index is 3190. The first-order chi connectivity index (χ1) is 29.8. The molecular formula is C58H40N2. The average Bonchev–Trinajstić information content (AvgIpc) is 3.66. The Labute approximate surface area is 350 Å². The van der Waals surface area contributed by atoms with Gasteiger partial charge in [0.05, 0.1) is 16.7 Å². The van der Waals surface area contributed by atoms with Crippen molar-refractivity contribution >= 4 is 49.6 Å². The molecule has 0 aliphatic carbocycles. The van der Waals surface area contributed by atoms with Crippen molar-refractivity contribution in [2.75, 3.05) is 4.90 Å². The Hall–Kier alpha value is -7.94. The topological polar surface area (TPSA) is 8.17 Å². The standard InChI is InChI=1S/C58H40N2/c1-4-16-41(17-5-1)43-30-34-47(35-31-43)59(48-36-32-44(33-37-48)42-18-6-2-7-19-42)49-38-39-54-53-25-12-13-29-56(53)60(57(54)40-49)58-51(46-20-8-3-9-21-46)26-15-28-55(58)52-27-14-23-45-22-10-11-24-50(45)52/h1-40H. The van der Waals surface area contributed by atoms with Crippen molar-refractivity contribution in [3.05, 3.63) is 243 Å². The second-order valence-electron chi connectivity index (χ2n) is 15.3. The third-order valence-corrected chi connectivity index (χ3v) is 11.8. The van der Waals surface area contributed by atoms with Gasteiger partial charge in [0.2, 0.25) is 0 Å². The Balaban J connectivity index is 1.17. The molecule has 0 atom stereocenters. The minimum absolute atomic E-state index is 1.08. The van der Waals surface area contributed by atoms with Gasteiger partial charge in [0, 0.05) is 39.0 Å². The van der Waals surface area contributed by atoms with E-state index in [-0.39, 0.29) is 0 Å². The lowest BCUT2D eigenvalue weighted by atomic mass is 9.92. The van der Waals surface area contributed by atoms with Gasteiger partial charge < -0.3 is 9.47 Å². The fourth-order valence-corrected chi connectivity index (χ4v) is 8.97. The van der Waals surface area contributed by atoms with E-state index in [9.17, 15) is 0 Å². The lowest BCUT2D eigenvalue weighted by Crippen LogP contribution is -2.10. The van der Waals surface area contributed by atoms with Crippen LogP contribution in [-0.4, -0.2) is 4.57 Å². The number of para-hydroxylation sites is 2. The van der Waals surface area contributed by atoms with Gasteiger partial charge in [0.15, 0.2) is 0 Å². The van der Waals surface area contributed by atoms with E-state index in [1.54, 1.807) is 0 Å². The molecule has 0 aliphatic heterocycles. The Kier molecular flexibility index (Phi) is 8.87. The third-order valence-electron chi connectivity index (χ3n) is 11.8. The predicted octanol–water partition coefficient (Wildman–Crippen LogP) is 16.1. The molecule has 60 heavy (non-hydrogen) atoms. The molecule has 2 heteroatoms. The molecule has 0 fully saturated rings. The number of nitrogens with zero attached hydrogens (tertiary/aromatic N) is 2. The first kappa shape index (κ1) is 35.2. The van der Waals surface area contributed by atoms with Crippen LogP contribution in [0.2, 0.25) is 0 Å². The number of fused-ring (bicyclic) bond motifs is 4. The molecule has 0 N–H and O–H groups in total. The van der Waals surface area contributed by atoms with E-state index in [0.29, 0.717) is 0 Å². The molecule has 0 saturated heterocycles. The highest BCUT2D eigenvalue weighted by Crippen LogP contribution is 2.45. The molecule has 11 rings (SSSR count). The molecule has 0 unspecified atom stereocenters. The van der Waals surface area contributed by atoms with Crippen LogP contribution >= 0.6 is 0 Å². The van der Waals surface area contributed by atoms with Gasteiger partial charge in [-0.1, -0.05) is 200 Å². The van der Waals surface area contributed by atoms with Crippen molar-refractivity contribution in [2.24, 2.45) is 0 Å². The zero-order valence-corrected chi connectivity index (χ0v) is 33.0. The Morgan fingerprint density at radius 1 is 0.267 bits per heavy atom. The largest absolute Gasteiger partial charge is 0.310 e. The molecule has 0 saturated carbocycles. The highest BCUT2D eigenvalue weighted by atomic mass is 15.1. The number of benzene rings is 10. The Morgan fingerprint density at radius 3 is 1.37 bits per heavy atom. The molecule has 0 radical (unpaired) electrons. The van der Waals surface area contributed by atoms with Crippen LogP contribution in [0.5, 0.6) is 0 Å². The van der Waals surface area contributed by atoms with Crippen molar-refractivity contribution in [3.63, 3.8) is 0 Å². The van der Waals surface area contributed by atoms with E-state index in [1.165, 1.54) is 71.6 Å². The van der Waals surface area contributed by atoms with Gasteiger partial charge in [0.25, 0.3) is 0 Å². The summed E-state index contributed by atoms with van der Waals surface area (Å²) in [6, 6.07) is 88.0. The van der Waals surface area contributed by atoms with Crippen LogP contribution in [0.25, 0.3) is 82.8 Å². The quantitative estimate of drug-likeness (QED) is 0.150. The van der Waals surface area contributed by atoms with Gasteiger partial charge in [-0.25, -0.2) is 0 Å². The highest BCUT2D eigenvalue weighted by molar-refractivity contribution is 6.12. The summed E-state index contributed by atoms with van der Waals surface area (Å²) < 4.78 is 2.52. The van der Waals surface area contributed by atoms with E-state index in [2.05, 4.69) is 252 Å².